The molecule has 0 radical (unpaired) electrons. The van der Waals surface area contributed by atoms with Gasteiger partial charge in [0, 0.05) is 42.5 Å². The first-order valence-electron chi connectivity index (χ1n) is 8.64. The predicted octanol–water partition coefficient (Wildman–Crippen LogP) is 3.35. The van der Waals surface area contributed by atoms with Gasteiger partial charge in [0.25, 0.3) is 0 Å². The Hall–Kier alpha value is -1.79. The highest BCUT2D eigenvalue weighted by molar-refractivity contribution is 7.13. The number of aryl methyl sites for hydroxylation is 1. The third-order valence-electron chi connectivity index (χ3n) is 4.51. The molecule has 1 saturated heterocycles. The lowest BCUT2D eigenvalue weighted by atomic mass is 9.97. The molecule has 1 aliphatic heterocycles. The molecule has 1 atom stereocenters. The Morgan fingerprint density at radius 3 is 3.04 bits per heavy atom. The Bertz CT molecular complexity index is 617. The van der Waals surface area contributed by atoms with Gasteiger partial charge >= 0.3 is 0 Å². The molecule has 0 saturated carbocycles. The highest BCUT2D eigenvalue weighted by Crippen LogP contribution is 2.21. The van der Waals surface area contributed by atoms with Crippen molar-refractivity contribution < 1.29 is 4.79 Å². The van der Waals surface area contributed by atoms with Crippen molar-refractivity contribution in [2.75, 3.05) is 18.4 Å². The minimum atomic E-state index is 0.0546. The molecule has 128 valence electrons. The molecule has 24 heavy (non-hydrogen) atoms. The van der Waals surface area contributed by atoms with E-state index in [-0.39, 0.29) is 5.91 Å². The summed E-state index contributed by atoms with van der Waals surface area (Å²) in [6.07, 6.45) is 9.96. The number of nitrogens with one attached hydrogen (secondary N) is 1. The summed E-state index contributed by atoms with van der Waals surface area (Å²) in [4.78, 5) is 23.0. The van der Waals surface area contributed by atoms with Crippen molar-refractivity contribution in [3.05, 3.63) is 41.7 Å². The molecule has 1 aliphatic rings. The number of nitrogens with zero attached hydrogens (tertiary/aromatic N) is 3. The maximum atomic E-state index is 12.1. The van der Waals surface area contributed by atoms with E-state index in [4.69, 9.17) is 0 Å². The first-order valence-corrected chi connectivity index (χ1v) is 9.52. The summed E-state index contributed by atoms with van der Waals surface area (Å²) in [6.45, 7) is 1.92. The summed E-state index contributed by atoms with van der Waals surface area (Å²) in [5, 5.41) is 5.42. The lowest BCUT2D eigenvalue weighted by molar-refractivity contribution is -0.116. The highest BCUT2D eigenvalue weighted by atomic mass is 32.1. The molecule has 1 N–H and O–H groups in total. The number of aromatic nitrogens is 2. The summed E-state index contributed by atoms with van der Waals surface area (Å²) in [5.74, 6) is 0.0546. The van der Waals surface area contributed by atoms with Gasteiger partial charge in [-0.3, -0.25) is 14.7 Å². The van der Waals surface area contributed by atoms with Crippen LogP contribution in [0.15, 0.2) is 36.0 Å². The lowest BCUT2D eigenvalue weighted by Gasteiger charge is -2.35. The van der Waals surface area contributed by atoms with Crippen LogP contribution in [0.2, 0.25) is 0 Å². The van der Waals surface area contributed by atoms with Crippen molar-refractivity contribution in [1.82, 2.24) is 14.9 Å². The SMILES string of the molecule is O=C(CCN1CCCC[C@@H]1CCc1ccccn1)Nc1nccs1. The number of thiazole rings is 1. The first kappa shape index (κ1) is 17.0. The van der Waals surface area contributed by atoms with E-state index < -0.39 is 0 Å². The molecule has 2 aromatic heterocycles. The zero-order valence-electron chi connectivity index (χ0n) is 13.9. The van der Waals surface area contributed by atoms with Crippen LogP contribution in [0.1, 0.15) is 37.8 Å². The Labute approximate surface area is 147 Å². The van der Waals surface area contributed by atoms with Crippen molar-refractivity contribution in [3.63, 3.8) is 0 Å². The topological polar surface area (TPSA) is 58.1 Å². The maximum absolute atomic E-state index is 12.1. The van der Waals surface area contributed by atoms with Gasteiger partial charge in [0.1, 0.15) is 0 Å². The molecule has 0 aliphatic carbocycles. The van der Waals surface area contributed by atoms with E-state index in [1.807, 2.05) is 23.7 Å². The van der Waals surface area contributed by atoms with Gasteiger partial charge in [-0.05, 0) is 44.4 Å². The third kappa shape index (κ3) is 5.11. The molecule has 3 rings (SSSR count). The molecule has 0 unspecified atom stereocenters. The summed E-state index contributed by atoms with van der Waals surface area (Å²) < 4.78 is 0. The Balaban J connectivity index is 1.46. The van der Waals surface area contributed by atoms with Gasteiger partial charge in [0.05, 0.1) is 0 Å². The maximum Gasteiger partial charge on any atom is 0.227 e. The van der Waals surface area contributed by atoms with Crippen LogP contribution in [0.3, 0.4) is 0 Å². The van der Waals surface area contributed by atoms with Crippen molar-refractivity contribution in [2.45, 2.75) is 44.6 Å². The van der Waals surface area contributed by atoms with E-state index in [0.717, 1.165) is 31.6 Å². The smallest absolute Gasteiger partial charge is 0.227 e. The molecule has 0 bridgehead atoms. The van der Waals surface area contributed by atoms with Crippen LogP contribution >= 0.6 is 11.3 Å². The van der Waals surface area contributed by atoms with Crippen molar-refractivity contribution in [1.29, 1.82) is 0 Å². The number of anilines is 1. The van der Waals surface area contributed by atoms with Gasteiger partial charge in [-0.1, -0.05) is 12.5 Å². The van der Waals surface area contributed by atoms with E-state index >= 15 is 0 Å². The third-order valence-corrected chi connectivity index (χ3v) is 5.20. The van der Waals surface area contributed by atoms with Crippen molar-refractivity contribution in [3.8, 4) is 0 Å². The van der Waals surface area contributed by atoms with Crippen LogP contribution in [0, 0.1) is 0 Å². The van der Waals surface area contributed by atoms with Crippen LogP contribution in [-0.4, -0.2) is 39.9 Å². The zero-order chi connectivity index (χ0) is 16.6. The molecule has 2 aromatic rings. The zero-order valence-corrected chi connectivity index (χ0v) is 14.7. The first-order chi connectivity index (χ1) is 11.8. The number of hydrogen-bond donors (Lipinski definition) is 1. The fraction of sp³-hybridized carbons (Fsp3) is 0.500. The molecule has 1 amide bonds. The lowest BCUT2D eigenvalue weighted by Crippen LogP contribution is -2.41. The van der Waals surface area contributed by atoms with Crippen LogP contribution in [-0.2, 0) is 11.2 Å². The van der Waals surface area contributed by atoms with Crippen molar-refractivity contribution >= 4 is 22.4 Å². The van der Waals surface area contributed by atoms with E-state index in [1.54, 1.807) is 6.20 Å². The molecule has 3 heterocycles. The van der Waals surface area contributed by atoms with Gasteiger partial charge in [-0.15, -0.1) is 11.3 Å². The normalized spacial score (nSPS) is 18.4. The average molecular weight is 344 g/mol. The van der Waals surface area contributed by atoms with Crippen LogP contribution in [0.5, 0.6) is 0 Å². The summed E-state index contributed by atoms with van der Waals surface area (Å²) in [7, 11) is 0. The second-order valence-electron chi connectivity index (χ2n) is 6.18. The second kappa shape index (κ2) is 8.89. The minimum Gasteiger partial charge on any atom is -0.302 e. The van der Waals surface area contributed by atoms with E-state index in [0.29, 0.717) is 17.6 Å². The van der Waals surface area contributed by atoms with Gasteiger partial charge < -0.3 is 5.32 Å². The number of hydrogen-bond acceptors (Lipinski definition) is 5. The number of pyridine rings is 1. The monoisotopic (exact) mass is 344 g/mol. The van der Waals surface area contributed by atoms with E-state index in [1.165, 1.54) is 30.6 Å². The molecular weight excluding hydrogens is 320 g/mol. The summed E-state index contributed by atoms with van der Waals surface area (Å²) in [5.41, 5.74) is 1.16. The molecule has 6 heteroatoms. The van der Waals surface area contributed by atoms with E-state index in [9.17, 15) is 4.79 Å². The molecule has 5 nitrogen and oxygen atoms in total. The highest BCUT2D eigenvalue weighted by Gasteiger charge is 2.22. The molecular formula is C18H24N4OS. The fourth-order valence-corrected chi connectivity index (χ4v) is 3.80. The summed E-state index contributed by atoms with van der Waals surface area (Å²) >= 11 is 1.46. The molecule has 0 spiro atoms. The number of likely N-dealkylation sites (tertiary alicyclic amines) is 1. The number of rotatable bonds is 7. The standard InChI is InChI=1S/C18H24N4OS/c23-17(21-18-20-11-14-24-18)9-13-22-12-4-2-6-16(22)8-7-15-5-1-3-10-19-15/h1,3,5,10-11,14,16H,2,4,6-9,12-13H2,(H,20,21,23)/t16-/m1/s1. The average Bonchev–Trinajstić information content (AvgIpc) is 3.13. The van der Waals surface area contributed by atoms with Gasteiger partial charge in [-0.25, -0.2) is 4.98 Å². The summed E-state index contributed by atoms with van der Waals surface area (Å²) in [6, 6.07) is 6.66. The van der Waals surface area contributed by atoms with Crippen molar-refractivity contribution in [2.24, 2.45) is 0 Å². The van der Waals surface area contributed by atoms with Crippen LogP contribution in [0.25, 0.3) is 0 Å². The largest absolute Gasteiger partial charge is 0.302 e. The second-order valence-corrected chi connectivity index (χ2v) is 7.08. The van der Waals surface area contributed by atoms with Crippen LogP contribution in [0.4, 0.5) is 5.13 Å². The van der Waals surface area contributed by atoms with Gasteiger partial charge in [0.15, 0.2) is 5.13 Å². The van der Waals surface area contributed by atoms with E-state index in [2.05, 4.69) is 26.3 Å². The number of amides is 1. The number of carbonyl (C=O) groups excluding carboxylic acids is 1. The number of carbonyl (C=O) groups is 1. The molecule has 0 aromatic carbocycles. The quantitative estimate of drug-likeness (QED) is 0.837. The van der Waals surface area contributed by atoms with Crippen LogP contribution < -0.4 is 5.32 Å². The molecule has 1 fully saturated rings. The fourth-order valence-electron chi connectivity index (χ4n) is 3.25. The minimum absolute atomic E-state index is 0.0546. The van der Waals surface area contributed by atoms with Gasteiger partial charge in [0.2, 0.25) is 5.91 Å². The Morgan fingerprint density at radius 1 is 1.29 bits per heavy atom. The Kier molecular flexibility index (Phi) is 6.32. The number of piperidine rings is 1. The Morgan fingerprint density at radius 2 is 2.25 bits per heavy atom. The predicted molar refractivity (Wildman–Crippen MR) is 97.1 cm³/mol. The van der Waals surface area contributed by atoms with Gasteiger partial charge in [-0.2, -0.15) is 0 Å².